The van der Waals surface area contributed by atoms with Crippen LogP contribution in [0.15, 0.2) is 12.2 Å². The van der Waals surface area contributed by atoms with Gasteiger partial charge in [0.2, 0.25) is 0 Å². The summed E-state index contributed by atoms with van der Waals surface area (Å²) < 4.78 is 0. The lowest BCUT2D eigenvalue weighted by Crippen LogP contribution is -2.32. The topological polar surface area (TPSA) is 12.0 Å². The predicted molar refractivity (Wildman–Crippen MR) is 49.6 cm³/mol. The lowest BCUT2D eigenvalue weighted by atomic mass is 10.1. The van der Waals surface area contributed by atoms with Crippen molar-refractivity contribution in [3.63, 3.8) is 0 Å². The van der Waals surface area contributed by atoms with Gasteiger partial charge in [-0.25, -0.2) is 0 Å². The molecule has 2 unspecified atom stereocenters. The highest BCUT2D eigenvalue weighted by molar-refractivity contribution is 4.93. The van der Waals surface area contributed by atoms with Gasteiger partial charge in [-0.05, 0) is 25.7 Å². The molecular formula is C10H19N. The summed E-state index contributed by atoms with van der Waals surface area (Å²) in [5.74, 6) is 0.870. The molecule has 1 rings (SSSR count). The SMILES string of the molecule is C=C(C)CNC1CCCC1C. The van der Waals surface area contributed by atoms with Crippen LogP contribution in [0.25, 0.3) is 0 Å². The molecule has 0 radical (unpaired) electrons. The second-order valence-corrected chi connectivity index (χ2v) is 3.85. The minimum atomic E-state index is 0.756. The summed E-state index contributed by atoms with van der Waals surface area (Å²) in [6.45, 7) is 9.29. The van der Waals surface area contributed by atoms with E-state index >= 15 is 0 Å². The Morgan fingerprint density at radius 3 is 2.73 bits per heavy atom. The second kappa shape index (κ2) is 3.91. The van der Waals surface area contributed by atoms with Gasteiger partial charge in [-0.15, -0.1) is 0 Å². The summed E-state index contributed by atoms with van der Waals surface area (Å²) in [5.41, 5.74) is 1.24. The molecule has 0 aromatic heterocycles. The van der Waals surface area contributed by atoms with Gasteiger partial charge in [-0.2, -0.15) is 0 Å². The minimum absolute atomic E-state index is 0.756. The molecule has 11 heavy (non-hydrogen) atoms. The summed E-state index contributed by atoms with van der Waals surface area (Å²) in [7, 11) is 0. The van der Waals surface area contributed by atoms with E-state index in [1.54, 1.807) is 0 Å². The first-order chi connectivity index (χ1) is 5.20. The molecule has 1 heteroatoms. The second-order valence-electron chi connectivity index (χ2n) is 3.85. The molecule has 1 aliphatic carbocycles. The van der Waals surface area contributed by atoms with Gasteiger partial charge >= 0.3 is 0 Å². The first-order valence-corrected chi connectivity index (χ1v) is 4.58. The Kier molecular flexibility index (Phi) is 3.13. The number of hydrogen-bond acceptors (Lipinski definition) is 1. The average molecular weight is 153 g/mol. The maximum Gasteiger partial charge on any atom is 0.0161 e. The highest BCUT2D eigenvalue weighted by Crippen LogP contribution is 2.24. The molecule has 64 valence electrons. The molecule has 0 aliphatic heterocycles. The van der Waals surface area contributed by atoms with Gasteiger partial charge in [0.15, 0.2) is 0 Å². The normalized spacial score (nSPS) is 30.7. The van der Waals surface area contributed by atoms with Crippen LogP contribution in [0.3, 0.4) is 0 Å². The summed E-state index contributed by atoms with van der Waals surface area (Å²) in [5, 5.41) is 3.53. The third-order valence-corrected chi connectivity index (χ3v) is 2.53. The Morgan fingerprint density at radius 2 is 2.27 bits per heavy atom. The zero-order chi connectivity index (χ0) is 8.27. The van der Waals surface area contributed by atoms with Gasteiger partial charge in [-0.1, -0.05) is 25.5 Å². The third kappa shape index (κ3) is 2.66. The van der Waals surface area contributed by atoms with Crippen LogP contribution in [-0.2, 0) is 0 Å². The molecule has 0 aromatic carbocycles. The van der Waals surface area contributed by atoms with Crippen LogP contribution in [0, 0.1) is 5.92 Å². The fraction of sp³-hybridized carbons (Fsp3) is 0.800. The van der Waals surface area contributed by atoms with Gasteiger partial charge < -0.3 is 5.32 Å². The van der Waals surface area contributed by atoms with Crippen LogP contribution in [-0.4, -0.2) is 12.6 Å². The van der Waals surface area contributed by atoms with E-state index in [0.717, 1.165) is 18.5 Å². The smallest absolute Gasteiger partial charge is 0.0161 e. The Bertz CT molecular complexity index is 140. The van der Waals surface area contributed by atoms with Crippen molar-refractivity contribution in [3.8, 4) is 0 Å². The van der Waals surface area contributed by atoms with Crippen molar-refractivity contribution in [3.05, 3.63) is 12.2 Å². The van der Waals surface area contributed by atoms with Crippen LogP contribution >= 0.6 is 0 Å². The van der Waals surface area contributed by atoms with Gasteiger partial charge in [-0.3, -0.25) is 0 Å². The molecular weight excluding hydrogens is 134 g/mol. The molecule has 1 N–H and O–H groups in total. The van der Waals surface area contributed by atoms with E-state index in [0.29, 0.717) is 0 Å². The van der Waals surface area contributed by atoms with E-state index in [2.05, 4.69) is 25.7 Å². The lowest BCUT2D eigenvalue weighted by Gasteiger charge is -2.16. The van der Waals surface area contributed by atoms with Gasteiger partial charge in [0.1, 0.15) is 0 Å². The van der Waals surface area contributed by atoms with Crippen molar-refractivity contribution in [1.82, 2.24) is 5.32 Å². The molecule has 0 bridgehead atoms. The molecule has 0 amide bonds. The molecule has 0 heterocycles. The Labute approximate surface area is 69.9 Å². The van der Waals surface area contributed by atoms with Crippen LogP contribution < -0.4 is 5.32 Å². The zero-order valence-corrected chi connectivity index (χ0v) is 7.69. The van der Waals surface area contributed by atoms with Crippen molar-refractivity contribution in [1.29, 1.82) is 0 Å². The Hall–Kier alpha value is -0.300. The molecule has 1 saturated carbocycles. The molecule has 2 atom stereocenters. The highest BCUT2D eigenvalue weighted by Gasteiger charge is 2.21. The van der Waals surface area contributed by atoms with Crippen molar-refractivity contribution in [2.45, 2.75) is 39.2 Å². The van der Waals surface area contributed by atoms with Gasteiger partial charge in [0.25, 0.3) is 0 Å². The highest BCUT2D eigenvalue weighted by atomic mass is 14.9. The van der Waals surface area contributed by atoms with E-state index in [9.17, 15) is 0 Å². The first-order valence-electron chi connectivity index (χ1n) is 4.58. The summed E-state index contributed by atoms with van der Waals surface area (Å²) in [4.78, 5) is 0. The number of nitrogens with one attached hydrogen (secondary N) is 1. The van der Waals surface area contributed by atoms with Gasteiger partial charge in [0, 0.05) is 12.6 Å². The molecule has 1 nitrogen and oxygen atoms in total. The van der Waals surface area contributed by atoms with Crippen molar-refractivity contribution >= 4 is 0 Å². The van der Waals surface area contributed by atoms with Crippen molar-refractivity contribution in [2.24, 2.45) is 5.92 Å². The largest absolute Gasteiger partial charge is 0.310 e. The monoisotopic (exact) mass is 153 g/mol. The summed E-state index contributed by atoms with van der Waals surface area (Å²) in [6.07, 6.45) is 4.15. The average Bonchev–Trinajstić information content (AvgIpc) is 2.31. The lowest BCUT2D eigenvalue weighted by molar-refractivity contribution is 0.441. The number of hydrogen-bond donors (Lipinski definition) is 1. The molecule has 0 saturated heterocycles. The maximum absolute atomic E-state index is 3.88. The first kappa shape index (κ1) is 8.79. The van der Waals surface area contributed by atoms with Crippen LogP contribution in [0.2, 0.25) is 0 Å². The molecule has 1 aliphatic rings. The molecule has 0 spiro atoms. The Balaban J connectivity index is 2.20. The van der Waals surface area contributed by atoms with E-state index in [1.807, 2.05) is 0 Å². The van der Waals surface area contributed by atoms with Crippen molar-refractivity contribution in [2.75, 3.05) is 6.54 Å². The van der Waals surface area contributed by atoms with Crippen LogP contribution in [0.1, 0.15) is 33.1 Å². The summed E-state index contributed by atoms with van der Waals surface area (Å²) >= 11 is 0. The van der Waals surface area contributed by atoms with E-state index in [4.69, 9.17) is 0 Å². The van der Waals surface area contributed by atoms with E-state index in [1.165, 1.54) is 24.8 Å². The van der Waals surface area contributed by atoms with E-state index in [-0.39, 0.29) is 0 Å². The van der Waals surface area contributed by atoms with Gasteiger partial charge in [0.05, 0.1) is 0 Å². The Morgan fingerprint density at radius 1 is 1.55 bits per heavy atom. The zero-order valence-electron chi connectivity index (χ0n) is 7.69. The number of rotatable bonds is 3. The standard InChI is InChI=1S/C10H19N/c1-8(2)7-11-10-6-4-5-9(10)3/h9-11H,1,4-7H2,2-3H3. The summed E-state index contributed by atoms with van der Waals surface area (Å²) in [6, 6.07) is 0.756. The van der Waals surface area contributed by atoms with E-state index < -0.39 is 0 Å². The maximum atomic E-state index is 3.88. The molecule has 0 aromatic rings. The van der Waals surface area contributed by atoms with Crippen molar-refractivity contribution < 1.29 is 0 Å². The molecule has 1 fully saturated rings. The van der Waals surface area contributed by atoms with Crippen LogP contribution in [0.5, 0.6) is 0 Å². The quantitative estimate of drug-likeness (QED) is 0.614. The fourth-order valence-electron chi connectivity index (χ4n) is 1.75. The van der Waals surface area contributed by atoms with Crippen LogP contribution in [0.4, 0.5) is 0 Å². The predicted octanol–water partition coefficient (Wildman–Crippen LogP) is 2.34. The minimum Gasteiger partial charge on any atom is -0.310 e. The third-order valence-electron chi connectivity index (χ3n) is 2.53. The fourth-order valence-corrected chi connectivity index (χ4v) is 1.75.